The van der Waals surface area contributed by atoms with Gasteiger partial charge in [0.15, 0.2) is 5.82 Å². The van der Waals surface area contributed by atoms with Crippen molar-refractivity contribution >= 4 is 29.3 Å². The first-order valence-electron chi connectivity index (χ1n) is 9.91. The van der Waals surface area contributed by atoms with E-state index in [1.54, 1.807) is 27.0 Å². The molecule has 1 aliphatic rings. The molecule has 170 valence electrons. The van der Waals surface area contributed by atoms with E-state index >= 15 is 0 Å². The van der Waals surface area contributed by atoms with E-state index in [4.69, 9.17) is 21.2 Å². The summed E-state index contributed by atoms with van der Waals surface area (Å²) in [6, 6.07) is 2.35. The van der Waals surface area contributed by atoms with E-state index in [-0.39, 0.29) is 23.8 Å². The molecule has 1 saturated heterocycles. The van der Waals surface area contributed by atoms with Gasteiger partial charge in [0.05, 0.1) is 30.5 Å². The highest BCUT2D eigenvalue weighted by atomic mass is 35.5. The van der Waals surface area contributed by atoms with Crippen molar-refractivity contribution in [1.82, 2.24) is 9.55 Å². The number of aromatic nitrogens is 2. The van der Waals surface area contributed by atoms with Gasteiger partial charge in [0.1, 0.15) is 28.7 Å². The fourth-order valence-corrected chi connectivity index (χ4v) is 3.40. The molecule has 0 spiro atoms. The van der Waals surface area contributed by atoms with Gasteiger partial charge in [-0.05, 0) is 44.9 Å². The van der Waals surface area contributed by atoms with E-state index in [1.807, 2.05) is 0 Å². The first-order valence-corrected chi connectivity index (χ1v) is 10.3. The standard InChI is InChI=1S/C22H23ClF2N4O3/c1-5-26-21-13(3)22(30)29(11-27-21)9-12(2)32-28-14(4)16-8-19(31-10-16)15-6-17(24)20(23)18(25)7-15/h5-7,11,16,19H,2,8-10H2,1,3-4H3/b26-5-,28-14+/t16?,19-/m1/s1. The lowest BCUT2D eigenvalue weighted by Gasteiger charge is -2.12. The lowest BCUT2D eigenvalue weighted by Crippen LogP contribution is -2.23. The van der Waals surface area contributed by atoms with E-state index in [9.17, 15) is 13.6 Å². The maximum absolute atomic E-state index is 13.7. The predicted octanol–water partition coefficient (Wildman–Crippen LogP) is 4.89. The third kappa shape index (κ3) is 5.28. The van der Waals surface area contributed by atoms with Crippen LogP contribution in [0.1, 0.15) is 37.5 Å². The summed E-state index contributed by atoms with van der Waals surface area (Å²) in [5, 5.41) is 3.55. The Balaban J connectivity index is 1.61. The molecule has 1 aromatic carbocycles. The van der Waals surface area contributed by atoms with E-state index in [0.29, 0.717) is 35.7 Å². The number of nitrogens with zero attached hydrogens (tertiary/aromatic N) is 4. The Labute approximate surface area is 189 Å². The van der Waals surface area contributed by atoms with Crippen LogP contribution < -0.4 is 5.56 Å². The van der Waals surface area contributed by atoms with Crippen molar-refractivity contribution in [3.8, 4) is 0 Å². The summed E-state index contributed by atoms with van der Waals surface area (Å²) < 4.78 is 34.5. The van der Waals surface area contributed by atoms with Gasteiger partial charge in [0, 0.05) is 12.1 Å². The largest absolute Gasteiger partial charge is 0.373 e. The van der Waals surface area contributed by atoms with Crippen LogP contribution in [0, 0.1) is 24.5 Å². The van der Waals surface area contributed by atoms with Crippen LogP contribution in [-0.2, 0) is 16.1 Å². The van der Waals surface area contributed by atoms with E-state index in [0.717, 1.165) is 0 Å². The van der Waals surface area contributed by atoms with Crippen molar-refractivity contribution in [3.63, 3.8) is 0 Å². The Morgan fingerprint density at radius 1 is 1.44 bits per heavy atom. The number of rotatable bonds is 7. The molecule has 7 nitrogen and oxygen atoms in total. The quantitative estimate of drug-likeness (QED) is 0.253. The van der Waals surface area contributed by atoms with Crippen molar-refractivity contribution in [2.24, 2.45) is 16.1 Å². The van der Waals surface area contributed by atoms with Crippen molar-refractivity contribution in [3.05, 3.63) is 68.9 Å². The molecule has 1 unspecified atom stereocenters. The van der Waals surface area contributed by atoms with Crippen LogP contribution in [0.2, 0.25) is 5.02 Å². The lowest BCUT2D eigenvalue weighted by atomic mass is 9.97. The fourth-order valence-electron chi connectivity index (χ4n) is 3.29. The van der Waals surface area contributed by atoms with Gasteiger partial charge in [-0.2, -0.15) is 0 Å². The van der Waals surface area contributed by atoms with Gasteiger partial charge >= 0.3 is 0 Å². The number of aliphatic imine (C=N–C) groups is 1. The SMILES string of the molecule is C=C(Cn1cnc(/N=C\C)c(C)c1=O)O/N=C(\C)C1CO[C@@H](c2cc(F)c(Cl)c(F)c2)C1. The predicted molar refractivity (Wildman–Crippen MR) is 119 cm³/mol. The zero-order valence-electron chi connectivity index (χ0n) is 17.9. The van der Waals surface area contributed by atoms with Gasteiger partial charge in [0.2, 0.25) is 0 Å². The van der Waals surface area contributed by atoms with Crippen molar-refractivity contribution in [2.75, 3.05) is 6.61 Å². The zero-order chi connectivity index (χ0) is 23.4. The highest BCUT2D eigenvalue weighted by Gasteiger charge is 2.30. The van der Waals surface area contributed by atoms with Gasteiger partial charge in [-0.3, -0.25) is 9.36 Å². The molecule has 1 aliphatic heterocycles. The average Bonchev–Trinajstić information content (AvgIpc) is 3.26. The van der Waals surface area contributed by atoms with Crippen molar-refractivity contribution < 1.29 is 18.4 Å². The molecule has 0 N–H and O–H groups in total. The number of halogens is 3. The smallest absolute Gasteiger partial charge is 0.258 e. The lowest BCUT2D eigenvalue weighted by molar-refractivity contribution is 0.109. The first-order chi connectivity index (χ1) is 15.2. The highest BCUT2D eigenvalue weighted by Crippen LogP contribution is 2.35. The molecule has 1 aromatic heterocycles. The molecule has 2 aromatic rings. The third-order valence-corrected chi connectivity index (χ3v) is 5.48. The normalized spacial score (nSPS) is 19.0. The molecule has 0 saturated carbocycles. The number of allylic oxidation sites excluding steroid dienone is 1. The van der Waals surface area contributed by atoms with E-state index in [2.05, 4.69) is 21.7 Å². The molecule has 0 amide bonds. The Hall–Kier alpha value is -2.91. The molecular weight excluding hydrogens is 442 g/mol. The Morgan fingerprint density at radius 3 is 2.78 bits per heavy atom. The fraction of sp³-hybridized carbons (Fsp3) is 0.364. The molecule has 0 bridgehead atoms. The molecule has 0 radical (unpaired) electrons. The summed E-state index contributed by atoms with van der Waals surface area (Å²) in [6.45, 7) is 9.35. The van der Waals surface area contributed by atoms with Crippen LogP contribution in [0.4, 0.5) is 14.6 Å². The summed E-state index contributed by atoms with van der Waals surface area (Å²) in [6.07, 6.45) is 2.94. The first kappa shape index (κ1) is 23.7. The monoisotopic (exact) mass is 464 g/mol. The van der Waals surface area contributed by atoms with Crippen molar-refractivity contribution in [1.29, 1.82) is 0 Å². The second-order valence-electron chi connectivity index (χ2n) is 7.43. The van der Waals surface area contributed by atoms with Gasteiger partial charge in [-0.1, -0.05) is 23.3 Å². The molecule has 32 heavy (non-hydrogen) atoms. The number of hydrogen-bond donors (Lipinski definition) is 0. The number of ether oxygens (including phenoxy) is 1. The molecule has 2 heterocycles. The molecule has 3 rings (SSSR count). The number of benzene rings is 1. The summed E-state index contributed by atoms with van der Waals surface area (Å²) >= 11 is 5.54. The summed E-state index contributed by atoms with van der Waals surface area (Å²) in [4.78, 5) is 26.0. The maximum Gasteiger partial charge on any atom is 0.258 e. The van der Waals surface area contributed by atoms with Crippen molar-refractivity contribution in [2.45, 2.75) is 39.8 Å². The van der Waals surface area contributed by atoms with Gasteiger partial charge in [-0.15, -0.1) is 0 Å². The topological polar surface area (TPSA) is 78.1 Å². The minimum atomic E-state index is -0.826. The van der Waals surface area contributed by atoms with Crippen LogP contribution in [0.5, 0.6) is 0 Å². The number of oxime groups is 1. The van der Waals surface area contributed by atoms with Gasteiger partial charge < -0.3 is 9.57 Å². The Kier molecular flexibility index (Phi) is 7.52. The zero-order valence-corrected chi connectivity index (χ0v) is 18.7. The molecule has 0 aliphatic carbocycles. The third-order valence-electron chi connectivity index (χ3n) is 5.12. The van der Waals surface area contributed by atoms with E-state index in [1.165, 1.54) is 23.0 Å². The summed E-state index contributed by atoms with van der Waals surface area (Å²) in [5.74, 6) is -1.14. The second-order valence-corrected chi connectivity index (χ2v) is 7.81. The van der Waals surface area contributed by atoms with Crippen LogP contribution in [0.15, 0.2) is 45.7 Å². The Bertz CT molecular complexity index is 1120. The van der Waals surface area contributed by atoms with Crippen LogP contribution in [-0.4, -0.2) is 28.1 Å². The summed E-state index contributed by atoms with van der Waals surface area (Å²) in [7, 11) is 0. The minimum Gasteiger partial charge on any atom is -0.373 e. The number of hydrogen-bond acceptors (Lipinski definition) is 6. The molecule has 2 atom stereocenters. The summed E-state index contributed by atoms with van der Waals surface area (Å²) in [5.41, 5.74) is 1.18. The Morgan fingerprint density at radius 2 is 2.12 bits per heavy atom. The molecular formula is C22H23ClF2N4O3. The van der Waals surface area contributed by atoms with Crippen LogP contribution in [0.25, 0.3) is 0 Å². The average molecular weight is 465 g/mol. The highest BCUT2D eigenvalue weighted by molar-refractivity contribution is 6.30. The van der Waals surface area contributed by atoms with Crippen LogP contribution in [0.3, 0.4) is 0 Å². The molecule has 1 fully saturated rings. The maximum atomic E-state index is 13.7. The van der Waals surface area contributed by atoms with E-state index < -0.39 is 22.8 Å². The van der Waals surface area contributed by atoms with Crippen LogP contribution >= 0.6 is 11.6 Å². The molecule has 10 heteroatoms. The van der Waals surface area contributed by atoms with Gasteiger partial charge in [0.25, 0.3) is 5.56 Å². The second kappa shape index (κ2) is 10.1. The minimum absolute atomic E-state index is 0.0761. The van der Waals surface area contributed by atoms with Gasteiger partial charge in [-0.25, -0.2) is 18.8 Å².